The van der Waals surface area contributed by atoms with Crippen LogP contribution in [0.25, 0.3) is 0 Å². The highest BCUT2D eigenvalue weighted by Gasteiger charge is 2.47. The van der Waals surface area contributed by atoms with Gasteiger partial charge in [-0.1, -0.05) is 12.1 Å². The van der Waals surface area contributed by atoms with Crippen molar-refractivity contribution in [3.63, 3.8) is 0 Å². The molecule has 1 saturated heterocycles. The lowest BCUT2D eigenvalue weighted by atomic mass is 9.67. The van der Waals surface area contributed by atoms with Crippen molar-refractivity contribution in [2.75, 3.05) is 6.61 Å². The predicted molar refractivity (Wildman–Crippen MR) is 72.9 cm³/mol. The zero-order valence-electron chi connectivity index (χ0n) is 11.4. The van der Waals surface area contributed by atoms with Gasteiger partial charge in [0.25, 0.3) is 0 Å². The van der Waals surface area contributed by atoms with Crippen LogP contribution < -0.4 is 0 Å². The van der Waals surface area contributed by atoms with Crippen LogP contribution in [0, 0.1) is 5.92 Å². The van der Waals surface area contributed by atoms with Gasteiger partial charge < -0.3 is 14.9 Å². The maximum absolute atomic E-state index is 10.9. The first-order chi connectivity index (χ1) is 9.02. The number of hydrogen-bond acceptors (Lipinski definition) is 3. The van der Waals surface area contributed by atoms with Crippen molar-refractivity contribution < 1.29 is 14.9 Å². The molecule has 2 aliphatic rings. The van der Waals surface area contributed by atoms with Crippen molar-refractivity contribution in [3.05, 3.63) is 29.8 Å². The average Bonchev–Trinajstić information content (AvgIpc) is 2.37. The third-order valence-corrected chi connectivity index (χ3v) is 5.00. The summed E-state index contributed by atoms with van der Waals surface area (Å²) >= 11 is 0. The Labute approximate surface area is 114 Å². The summed E-state index contributed by atoms with van der Waals surface area (Å²) in [7, 11) is 0. The monoisotopic (exact) mass is 262 g/mol. The number of phenols is 1. The molecule has 0 radical (unpaired) electrons. The number of hydrogen-bond donors (Lipinski definition) is 2. The highest BCUT2D eigenvalue weighted by molar-refractivity contribution is 5.30. The van der Waals surface area contributed by atoms with Crippen LogP contribution in [-0.4, -0.2) is 22.4 Å². The lowest BCUT2D eigenvalue weighted by molar-refractivity contribution is -0.174. The van der Waals surface area contributed by atoms with E-state index in [1.165, 1.54) is 6.42 Å². The van der Waals surface area contributed by atoms with Crippen LogP contribution in [0.1, 0.15) is 44.6 Å². The third-order valence-electron chi connectivity index (χ3n) is 5.00. The van der Waals surface area contributed by atoms with Crippen LogP contribution in [0.2, 0.25) is 0 Å². The summed E-state index contributed by atoms with van der Waals surface area (Å²) < 4.78 is 5.93. The van der Waals surface area contributed by atoms with Crippen molar-refractivity contribution in [1.82, 2.24) is 0 Å². The maximum atomic E-state index is 10.9. The molecule has 1 aliphatic carbocycles. The van der Waals surface area contributed by atoms with E-state index in [9.17, 15) is 10.2 Å². The van der Waals surface area contributed by atoms with Gasteiger partial charge in [-0.15, -0.1) is 0 Å². The molecule has 1 saturated carbocycles. The summed E-state index contributed by atoms with van der Waals surface area (Å²) in [4.78, 5) is 0. The van der Waals surface area contributed by atoms with E-state index in [4.69, 9.17) is 4.74 Å². The van der Waals surface area contributed by atoms with Gasteiger partial charge >= 0.3 is 0 Å². The largest absolute Gasteiger partial charge is 0.508 e. The lowest BCUT2D eigenvalue weighted by Crippen LogP contribution is -2.49. The molecule has 19 heavy (non-hydrogen) atoms. The number of aromatic hydroxyl groups is 1. The normalized spacial score (nSPS) is 28.6. The standard InChI is InChI=1S/C16H22O3/c1-15(18,12-3-5-14(17)6-4-12)13-7-10-19-16(11-13)8-2-9-16/h3-6,13,17-18H,2,7-11H2,1H3. The van der Waals surface area contributed by atoms with Crippen molar-refractivity contribution >= 4 is 0 Å². The number of aliphatic hydroxyl groups is 1. The fourth-order valence-corrected chi connectivity index (χ4v) is 3.46. The quantitative estimate of drug-likeness (QED) is 0.861. The maximum Gasteiger partial charge on any atom is 0.115 e. The molecule has 0 aromatic heterocycles. The molecule has 0 bridgehead atoms. The van der Waals surface area contributed by atoms with Gasteiger partial charge in [0.15, 0.2) is 0 Å². The average molecular weight is 262 g/mol. The summed E-state index contributed by atoms with van der Waals surface area (Å²) in [6, 6.07) is 6.92. The molecule has 1 aromatic rings. The van der Waals surface area contributed by atoms with E-state index in [0.29, 0.717) is 0 Å². The molecular weight excluding hydrogens is 240 g/mol. The Kier molecular flexibility index (Phi) is 3.06. The number of benzene rings is 1. The molecule has 1 aromatic carbocycles. The molecule has 2 unspecified atom stereocenters. The van der Waals surface area contributed by atoms with Crippen LogP contribution in [-0.2, 0) is 10.3 Å². The Morgan fingerprint density at radius 2 is 1.95 bits per heavy atom. The van der Waals surface area contributed by atoms with E-state index >= 15 is 0 Å². The first-order valence-electron chi connectivity index (χ1n) is 7.18. The second-order valence-corrected chi connectivity index (χ2v) is 6.27. The third kappa shape index (κ3) is 2.26. The Bertz CT molecular complexity index is 446. The second kappa shape index (κ2) is 4.50. The van der Waals surface area contributed by atoms with Crippen LogP contribution in [0.4, 0.5) is 0 Å². The smallest absolute Gasteiger partial charge is 0.115 e. The van der Waals surface area contributed by atoms with E-state index in [2.05, 4.69) is 0 Å². The highest BCUT2D eigenvalue weighted by Crippen LogP contribution is 2.48. The minimum atomic E-state index is -0.847. The van der Waals surface area contributed by atoms with Gasteiger partial charge in [0.2, 0.25) is 0 Å². The van der Waals surface area contributed by atoms with Crippen LogP contribution in [0.15, 0.2) is 24.3 Å². The van der Waals surface area contributed by atoms with E-state index in [1.807, 2.05) is 19.1 Å². The molecule has 1 aliphatic heterocycles. The molecule has 2 N–H and O–H groups in total. The second-order valence-electron chi connectivity index (χ2n) is 6.27. The van der Waals surface area contributed by atoms with Gasteiger partial charge in [-0.25, -0.2) is 0 Å². The lowest BCUT2D eigenvalue weighted by Gasteiger charge is -2.50. The molecule has 3 heteroatoms. The number of ether oxygens (including phenoxy) is 1. The minimum Gasteiger partial charge on any atom is -0.508 e. The van der Waals surface area contributed by atoms with Crippen molar-refractivity contribution in [2.45, 2.75) is 50.2 Å². The topological polar surface area (TPSA) is 49.7 Å². The fourth-order valence-electron chi connectivity index (χ4n) is 3.46. The molecule has 3 rings (SSSR count). The van der Waals surface area contributed by atoms with Gasteiger partial charge in [0.1, 0.15) is 5.75 Å². The van der Waals surface area contributed by atoms with E-state index in [0.717, 1.165) is 37.9 Å². The minimum absolute atomic E-state index is 0.0455. The summed E-state index contributed by atoms with van der Waals surface area (Å²) in [6.07, 6.45) is 5.36. The van der Waals surface area contributed by atoms with Crippen molar-refractivity contribution in [1.29, 1.82) is 0 Å². The van der Waals surface area contributed by atoms with Gasteiger partial charge in [-0.3, -0.25) is 0 Å². The zero-order chi connectivity index (χ0) is 13.5. The molecule has 0 amide bonds. The highest BCUT2D eigenvalue weighted by atomic mass is 16.5. The Morgan fingerprint density at radius 3 is 2.53 bits per heavy atom. The Morgan fingerprint density at radius 1 is 1.26 bits per heavy atom. The number of phenolic OH excluding ortho intramolecular Hbond substituents is 1. The molecule has 1 spiro atoms. The van der Waals surface area contributed by atoms with E-state index < -0.39 is 5.60 Å². The van der Waals surface area contributed by atoms with Crippen molar-refractivity contribution in [3.8, 4) is 5.75 Å². The first-order valence-corrected chi connectivity index (χ1v) is 7.18. The van der Waals surface area contributed by atoms with Gasteiger partial charge in [-0.05, 0) is 62.6 Å². The molecule has 2 fully saturated rings. The summed E-state index contributed by atoms with van der Waals surface area (Å²) in [5.41, 5.74) is 0.0795. The Hall–Kier alpha value is -1.06. The molecule has 1 heterocycles. The summed E-state index contributed by atoms with van der Waals surface area (Å²) in [5.74, 6) is 0.466. The van der Waals surface area contributed by atoms with E-state index in [1.54, 1.807) is 12.1 Å². The first kappa shape index (κ1) is 12.9. The fraction of sp³-hybridized carbons (Fsp3) is 0.625. The molecule has 3 nitrogen and oxygen atoms in total. The van der Waals surface area contributed by atoms with Crippen LogP contribution in [0.3, 0.4) is 0 Å². The molecule has 104 valence electrons. The van der Waals surface area contributed by atoms with E-state index in [-0.39, 0.29) is 17.3 Å². The summed E-state index contributed by atoms with van der Waals surface area (Å²) in [6.45, 7) is 2.64. The number of rotatable bonds is 2. The van der Waals surface area contributed by atoms with Gasteiger partial charge in [0, 0.05) is 6.61 Å². The molecule has 2 atom stereocenters. The van der Waals surface area contributed by atoms with Gasteiger partial charge in [-0.2, -0.15) is 0 Å². The summed E-state index contributed by atoms with van der Waals surface area (Å²) in [5, 5.41) is 20.3. The SMILES string of the molecule is CC(O)(c1ccc(O)cc1)C1CCOC2(CCC2)C1. The van der Waals surface area contributed by atoms with Crippen LogP contribution >= 0.6 is 0 Å². The van der Waals surface area contributed by atoms with Gasteiger partial charge in [0.05, 0.1) is 11.2 Å². The van der Waals surface area contributed by atoms with Crippen molar-refractivity contribution in [2.24, 2.45) is 5.92 Å². The Balaban J connectivity index is 1.81. The van der Waals surface area contributed by atoms with Crippen LogP contribution in [0.5, 0.6) is 5.75 Å². The predicted octanol–water partition coefficient (Wildman–Crippen LogP) is 2.95. The molecular formula is C16H22O3. The zero-order valence-corrected chi connectivity index (χ0v) is 11.4.